The van der Waals surface area contributed by atoms with Crippen LogP contribution in [0.5, 0.6) is 0 Å². The van der Waals surface area contributed by atoms with Gasteiger partial charge in [-0.15, -0.1) is 0 Å². The van der Waals surface area contributed by atoms with Crippen LogP contribution in [0.3, 0.4) is 0 Å². The van der Waals surface area contributed by atoms with E-state index in [9.17, 15) is 8.42 Å². The first-order valence-electron chi connectivity index (χ1n) is 5.33. The lowest BCUT2D eigenvalue weighted by molar-refractivity contribution is 0.477. The van der Waals surface area contributed by atoms with Crippen molar-refractivity contribution in [1.29, 1.82) is 0 Å². The molecule has 0 spiro atoms. The molecule has 1 aromatic rings. The van der Waals surface area contributed by atoms with Crippen LogP contribution in [0.4, 0.5) is 0 Å². The summed E-state index contributed by atoms with van der Waals surface area (Å²) in [6.07, 6.45) is 2.84. The summed E-state index contributed by atoms with van der Waals surface area (Å²) in [6.45, 7) is 5.56. The zero-order chi connectivity index (χ0) is 13.4. The number of nitrogens with zero attached hydrogens (tertiary/aromatic N) is 2. The van der Waals surface area contributed by atoms with Gasteiger partial charge in [0.25, 0.3) is 0 Å². The van der Waals surface area contributed by atoms with Crippen molar-refractivity contribution in [1.82, 2.24) is 9.78 Å². The van der Waals surface area contributed by atoms with Crippen LogP contribution in [0.1, 0.15) is 38.5 Å². The Kier molecular flexibility index (Phi) is 4.38. The summed E-state index contributed by atoms with van der Waals surface area (Å²) >= 11 is 3.36. The molecule has 5 nitrogen and oxygen atoms in total. The molecule has 1 aromatic heterocycles. The minimum Gasteiger partial charge on any atom is -0.322 e. The summed E-state index contributed by atoms with van der Waals surface area (Å²) in [6, 6.07) is -0.460. The second-order valence-corrected chi connectivity index (χ2v) is 7.73. The summed E-state index contributed by atoms with van der Waals surface area (Å²) in [5.41, 5.74) is 6.76. The fraction of sp³-hybridized carbons (Fsp3) is 0.700. The van der Waals surface area contributed by atoms with Crippen molar-refractivity contribution in [2.75, 3.05) is 6.26 Å². The van der Waals surface area contributed by atoms with Crippen LogP contribution in [0.2, 0.25) is 0 Å². The van der Waals surface area contributed by atoms with Crippen LogP contribution in [0, 0.1) is 0 Å². The zero-order valence-electron chi connectivity index (χ0n) is 10.4. The van der Waals surface area contributed by atoms with Crippen molar-refractivity contribution in [3.8, 4) is 0 Å². The predicted octanol–water partition coefficient (Wildman–Crippen LogP) is 1.66. The first-order valence-corrected chi connectivity index (χ1v) is 8.08. The Hall–Kier alpha value is -0.400. The molecule has 7 heteroatoms. The summed E-state index contributed by atoms with van der Waals surface area (Å²) in [5, 5.41) is 3.55. The van der Waals surface area contributed by atoms with Crippen LogP contribution in [-0.2, 0) is 9.84 Å². The molecule has 2 N–H and O–H groups in total. The lowest BCUT2D eigenvalue weighted by atomic mass is 10.1. The molecule has 0 saturated carbocycles. The Balaban J connectivity index is 3.20. The Bertz CT molecular complexity index is 496. The van der Waals surface area contributed by atoms with E-state index in [2.05, 4.69) is 21.0 Å². The Morgan fingerprint density at radius 2 is 1.94 bits per heavy atom. The second-order valence-electron chi connectivity index (χ2n) is 4.48. The number of rotatable bonds is 4. The van der Waals surface area contributed by atoms with Gasteiger partial charge in [0.15, 0.2) is 9.84 Å². The topological polar surface area (TPSA) is 78.0 Å². The van der Waals surface area contributed by atoms with Crippen molar-refractivity contribution in [2.45, 2.75) is 38.1 Å². The van der Waals surface area contributed by atoms with Crippen LogP contribution in [0.15, 0.2) is 10.7 Å². The Morgan fingerprint density at radius 3 is 2.35 bits per heavy atom. The van der Waals surface area contributed by atoms with E-state index in [-0.39, 0.29) is 6.04 Å². The standard InChI is InChI=1S/C10H18BrN3O2S/c1-6(2)14-10(8(11)5-13-14)9(12)7(3)17(4,15)16/h5-7,9H,12H2,1-4H3. The van der Waals surface area contributed by atoms with E-state index in [0.29, 0.717) is 0 Å². The van der Waals surface area contributed by atoms with Crippen LogP contribution in [-0.4, -0.2) is 29.7 Å². The molecule has 98 valence electrons. The van der Waals surface area contributed by atoms with Gasteiger partial charge < -0.3 is 5.73 Å². The smallest absolute Gasteiger partial charge is 0.151 e. The molecule has 1 heterocycles. The van der Waals surface area contributed by atoms with Gasteiger partial charge in [0.1, 0.15) is 0 Å². The number of halogens is 1. The van der Waals surface area contributed by atoms with Gasteiger partial charge in [0.2, 0.25) is 0 Å². The van der Waals surface area contributed by atoms with E-state index in [4.69, 9.17) is 5.73 Å². The summed E-state index contributed by atoms with van der Waals surface area (Å²) < 4.78 is 25.6. The third-order valence-corrected chi connectivity index (χ3v) is 5.03. The molecule has 0 aliphatic carbocycles. The third-order valence-electron chi connectivity index (χ3n) is 2.77. The molecule has 1 rings (SSSR count). The number of aromatic nitrogens is 2. The minimum atomic E-state index is -3.17. The Labute approximate surface area is 110 Å². The molecular formula is C10H18BrN3O2S. The average Bonchev–Trinajstić information content (AvgIpc) is 2.56. The van der Waals surface area contributed by atoms with Crippen LogP contribution < -0.4 is 5.73 Å². The molecule has 0 aromatic carbocycles. The Morgan fingerprint density at radius 1 is 1.41 bits per heavy atom. The van der Waals surface area contributed by atoms with Crippen molar-refractivity contribution in [2.24, 2.45) is 5.73 Å². The van der Waals surface area contributed by atoms with Crippen molar-refractivity contribution >= 4 is 25.8 Å². The van der Waals surface area contributed by atoms with E-state index in [1.807, 2.05) is 13.8 Å². The summed E-state index contributed by atoms with van der Waals surface area (Å²) in [7, 11) is -3.17. The second kappa shape index (κ2) is 5.07. The van der Waals surface area contributed by atoms with Gasteiger partial charge in [-0.2, -0.15) is 5.10 Å². The molecule has 0 aliphatic heterocycles. The lowest BCUT2D eigenvalue weighted by Gasteiger charge is -2.21. The van der Waals surface area contributed by atoms with Gasteiger partial charge in [-0.25, -0.2) is 8.42 Å². The molecule has 0 amide bonds. The quantitative estimate of drug-likeness (QED) is 0.914. The lowest BCUT2D eigenvalue weighted by Crippen LogP contribution is -2.32. The van der Waals surface area contributed by atoms with Crippen LogP contribution in [0.25, 0.3) is 0 Å². The predicted molar refractivity (Wildman–Crippen MR) is 71.5 cm³/mol. The maximum atomic E-state index is 11.5. The van der Waals surface area contributed by atoms with E-state index >= 15 is 0 Å². The highest BCUT2D eigenvalue weighted by molar-refractivity contribution is 9.10. The highest BCUT2D eigenvalue weighted by Gasteiger charge is 2.29. The van der Waals surface area contributed by atoms with Gasteiger partial charge >= 0.3 is 0 Å². The molecule has 0 radical (unpaired) electrons. The molecule has 2 atom stereocenters. The zero-order valence-corrected chi connectivity index (χ0v) is 12.8. The largest absolute Gasteiger partial charge is 0.322 e. The molecule has 0 bridgehead atoms. The first-order chi connectivity index (χ1) is 7.66. The normalized spacial score (nSPS) is 16.2. The van der Waals surface area contributed by atoms with Crippen molar-refractivity contribution < 1.29 is 8.42 Å². The van der Waals surface area contributed by atoms with E-state index in [0.717, 1.165) is 10.2 Å². The molecule has 2 unspecified atom stereocenters. The molecule has 17 heavy (non-hydrogen) atoms. The molecular weight excluding hydrogens is 306 g/mol. The number of sulfone groups is 1. The summed E-state index contributed by atoms with van der Waals surface area (Å²) in [5.74, 6) is 0. The first kappa shape index (κ1) is 14.7. The van der Waals surface area contributed by atoms with Crippen molar-refractivity contribution in [3.05, 3.63) is 16.4 Å². The van der Waals surface area contributed by atoms with Gasteiger partial charge in [0, 0.05) is 12.3 Å². The molecule has 0 aliphatic rings. The van der Waals surface area contributed by atoms with Gasteiger partial charge in [-0.05, 0) is 36.7 Å². The average molecular weight is 324 g/mol. The number of hydrogen-bond donors (Lipinski definition) is 1. The SMILES string of the molecule is CC(C)n1ncc(Br)c1C(N)C(C)S(C)(=O)=O. The third kappa shape index (κ3) is 3.08. The van der Waals surface area contributed by atoms with E-state index in [1.54, 1.807) is 17.8 Å². The minimum absolute atomic E-state index is 0.133. The van der Waals surface area contributed by atoms with Crippen molar-refractivity contribution in [3.63, 3.8) is 0 Å². The van der Waals surface area contributed by atoms with E-state index < -0.39 is 21.1 Å². The van der Waals surface area contributed by atoms with Crippen LogP contribution >= 0.6 is 15.9 Å². The maximum Gasteiger partial charge on any atom is 0.151 e. The highest BCUT2D eigenvalue weighted by Crippen LogP contribution is 2.28. The highest BCUT2D eigenvalue weighted by atomic mass is 79.9. The number of nitrogens with two attached hydrogens (primary N) is 1. The molecule has 0 fully saturated rings. The van der Waals surface area contributed by atoms with E-state index in [1.165, 1.54) is 6.26 Å². The summed E-state index contributed by atoms with van der Waals surface area (Å²) in [4.78, 5) is 0. The van der Waals surface area contributed by atoms with Gasteiger partial charge in [0.05, 0.1) is 27.7 Å². The monoisotopic (exact) mass is 323 g/mol. The van der Waals surface area contributed by atoms with Gasteiger partial charge in [-0.3, -0.25) is 4.68 Å². The number of hydrogen-bond acceptors (Lipinski definition) is 4. The van der Waals surface area contributed by atoms with Gasteiger partial charge in [-0.1, -0.05) is 0 Å². The fourth-order valence-electron chi connectivity index (χ4n) is 1.56. The fourth-order valence-corrected chi connectivity index (χ4v) is 2.76. The molecule has 0 saturated heterocycles. The maximum absolute atomic E-state index is 11.5.